The van der Waals surface area contributed by atoms with Crippen LogP contribution in [0, 0.1) is 0 Å². The Balaban J connectivity index is 1.86. The Morgan fingerprint density at radius 1 is 1.25 bits per heavy atom. The average molecular weight is 399 g/mol. The molecule has 5 nitrogen and oxygen atoms in total. The molecule has 0 N–H and O–H groups in total. The molecule has 0 unspecified atom stereocenters. The number of carbonyl (C=O) groups excluding carboxylic acids is 1. The zero-order valence-electron chi connectivity index (χ0n) is 16.5. The number of hydrogen-bond donors (Lipinski definition) is 0. The van der Waals surface area contributed by atoms with Gasteiger partial charge in [-0.3, -0.25) is 14.2 Å². The van der Waals surface area contributed by atoms with Crippen LogP contribution in [-0.2, 0) is 27.9 Å². The molecule has 2 aliphatic rings. The van der Waals surface area contributed by atoms with E-state index in [9.17, 15) is 9.59 Å². The van der Waals surface area contributed by atoms with Crippen LogP contribution in [-0.4, -0.2) is 27.9 Å². The van der Waals surface area contributed by atoms with Gasteiger partial charge in [0.2, 0.25) is 0 Å². The number of aromatic nitrogens is 2. The topological polar surface area (TPSA) is 61.2 Å². The monoisotopic (exact) mass is 398 g/mol. The largest absolute Gasteiger partial charge is 0.465 e. The Hall–Kier alpha value is -2.08. The van der Waals surface area contributed by atoms with Crippen LogP contribution < -0.4 is 5.56 Å². The number of thioether (sulfide) groups is 1. The summed E-state index contributed by atoms with van der Waals surface area (Å²) in [5.74, 6) is -0.124. The summed E-state index contributed by atoms with van der Waals surface area (Å²) in [4.78, 5) is 30.4. The van der Waals surface area contributed by atoms with Gasteiger partial charge in [-0.05, 0) is 38.7 Å². The van der Waals surface area contributed by atoms with Crippen molar-refractivity contribution in [2.24, 2.45) is 0 Å². The molecule has 6 heteroatoms. The van der Waals surface area contributed by atoms with Crippen molar-refractivity contribution in [2.75, 3.05) is 12.4 Å². The zero-order valence-corrected chi connectivity index (χ0v) is 17.3. The summed E-state index contributed by atoms with van der Waals surface area (Å²) in [7, 11) is 0. The summed E-state index contributed by atoms with van der Waals surface area (Å²) >= 11 is 1.29. The summed E-state index contributed by atoms with van der Waals surface area (Å²) in [5.41, 5.74) is 4.04. The van der Waals surface area contributed by atoms with E-state index in [1.54, 1.807) is 11.5 Å². The maximum Gasteiger partial charge on any atom is 0.316 e. The highest BCUT2D eigenvalue weighted by atomic mass is 32.2. The quantitative estimate of drug-likeness (QED) is 0.433. The van der Waals surface area contributed by atoms with E-state index in [0.29, 0.717) is 18.3 Å². The first-order valence-corrected chi connectivity index (χ1v) is 11.1. The lowest BCUT2D eigenvalue weighted by atomic mass is 9.68. The maximum absolute atomic E-state index is 13.6. The van der Waals surface area contributed by atoms with E-state index in [-0.39, 0.29) is 22.7 Å². The lowest BCUT2D eigenvalue weighted by molar-refractivity contribution is -0.139. The second kappa shape index (κ2) is 7.74. The first-order chi connectivity index (χ1) is 13.6. The number of benzene rings is 1. The highest BCUT2D eigenvalue weighted by molar-refractivity contribution is 7.99. The third-order valence-corrected chi connectivity index (χ3v) is 6.92. The minimum absolute atomic E-state index is 0.0651. The smallest absolute Gasteiger partial charge is 0.316 e. The van der Waals surface area contributed by atoms with Crippen LogP contribution in [0.25, 0.3) is 11.3 Å². The highest BCUT2D eigenvalue weighted by Gasteiger charge is 2.44. The number of rotatable bonds is 5. The first-order valence-electron chi connectivity index (χ1n) is 10.1. The fraction of sp³-hybridized carbons (Fsp3) is 0.500. The van der Waals surface area contributed by atoms with Crippen LogP contribution in [0.1, 0.15) is 50.7 Å². The van der Waals surface area contributed by atoms with Gasteiger partial charge >= 0.3 is 5.97 Å². The molecule has 2 aromatic rings. The molecule has 1 aromatic carbocycles. The van der Waals surface area contributed by atoms with Crippen LogP contribution >= 0.6 is 11.8 Å². The van der Waals surface area contributed by atoms with Gasteiger partial charge in [0.1, 0.15) is 0 Å². The van der Waals surface area contributed by atoms with Crippen molar-refractivity contribution in [1.82, 2.24) is 9.55 Å². The fourth-order valence-electron chi connectivity index (χ4n) is 4.76. The van der Waals surface area contributed by atoms with Crippen LogP contribution in [0.5, 0.6) is 0 Å². The number of esters is 1. The molecule has 28 heavy (non-hydrogen) atoms. The Morgan fingerprint density at radius 2 is 2.00 bits per heavy atom. The molecular formula is C22H26N2O3S. The molecule has 0 radical (unpaired) electrons. The summed E-state index contributed by atoms with van der Waals surface area (Å²) in [6, 6.07) is 8.30. The summed E-state index contributed by atoms with van der Waals surface area (Å²) < 4.78 is 6.77. The van der Waals surface area contributed by atoms with Crippen molar-refractivity contribution in [3.8, 4) is 11.3 Å². The Kier molecular flexibility index (Phi) is 5.32. The van der Waals surface area contributed by atoms with E-state index in [1.165, 1.54) is 17.3 Å². The second-order valence-electron chi connectivity index (χ2n) is 7.58. The van der Waals surface area contributed by atoms with Crippen molar-refractivity contribution in [3.05, 3.63) is 45.7 Å². The van der Waals surface area contributed by atoms with Gasteiger partial charge < -0.3 is 4.74 Å². The number of fused-ring (bicyclic) bond motifs is 4. The SMILES string of the molecule is CCOC(=O)CSc1nc2c(c(=O)n1CC)C1(CCCC1)Cc1ccccc1-2. The predicted octanol–water partition coefficient (Wildman–Crippen LogP) is 3.95. The molecule has 1 saturated carbocycles. The Morgan fingerprint density at radius 3 is 2.71 bits per heavy atom. The third kappa shape index (κ3) is 3.17. The summed E-state index contributed by atoms with van der Waals surface area (Å²) in [6.45, 7) is 4.65. The van der Waals surface area contributed by atoms with Gasteiger partial charge in [0, 0.05) is 17.5 Å². The molecule has 0 amide bonds. The summed E-state index contributed by atoms with van der Waals surface area (Å²) in [5, 5.41) is 0.601. The van der Waals surface area contributed by atoms with Crippen LogP contribution in [0.15, 0.2) is 34.2 Å². The molecule has 0 saturated heterocycles. The fourth-order valence-corrected chi connectivity index (χ4v) is 5.61. The van der Waals surface area contributed by atoms with E-state index in [1.807, 2.05) is 13.0 Å². The molecule has 148 valence electrons. The second-order valence-corrected chi connectivity index (χ2v) is 8.52. The first kappa shape index (κ1) is 19.2. The third-order valence-electron chi connectivity index (χ3n) is 5.97. The minimum atomic E-state index is -0.283. The highest BCUT2D eigenvalue weighted by Crippen LogP contribution is 2.49. The van der Waals surface area contributed by atoms with Crippen molar-refractivity contribution in [3.63, 3.8) is 0 Å². The molecular weight excluding hydrogens is 372 g/mol. The molecule has 4 rings (SSSR count). The maximum atomic E-state index is 13.6. The van der Waals surface area contributed by atoms with E-state index in [4.69, 9.17) is 9.72 Å². The molecule has 0 atom stereocenters. The van der Waals surface area contributed by atoms with Gasteiger partial charge in [0.15, 0.2) is 5.16 Å². The molecule has 1 heterocycles. The molecule has 0 bridgehead atoms. The van der Waals surface area contributed by atoms with Crippen molar-refractivity contribution in [1.29, 1.82) is 0 Å². The molecule has 0 aliphatic heterocycles. The lowest BCUT2D eigenvalue weighted by Crippen LogP contribution is -2.40. The molecule has 1 spiro atoms. The summed E-state index contributed by atoms with van der Waals surface area (Å²) in [6.07, 6.45) is 5.33. The van der Waals surface area contributed by atoms with Crippen LogP contribution in [0.3, 0.4) is 0 Å². The number of nitrogens with zero attached hydrogens (tertiary/aromatic N) is 2. The standard InChI is InChI=1S/C22H26N2O3S/c1-3-24-20(26)18-19(23-21(24)28-14-17(25)27-4-2)16-10-6-5-9-15(16)13-22(18)11-7-8-12-22/h5-6,9-10H,3-4,7-8,11-14H2,1-2H3. The lowest BCUT2D eigenvalue weighted by Gasteiger charge is -2.36. The average Bonchev–Trinajstić information content (AvgIpc) is 3.15. The van der Waals surface area contributed by atoms with Gasteiger partial charge in [0.05, 0.1) is 23.6 Å². The predicted molar refractivity (Wildman–Crippen MR) is 111 cm³/mol. The van der Waals surface area contributed by atoms with Gasteiger partial charge in [0.25, 0.3) is 5.56 Å². The minimum Gasteiger partial charge on any atom is -0.465 e. The number of hydrogen-bond acceptors (Lipinski definition) is 5. The molecule has 1 aromatic heterocycles. The Labute approximate surface area is 169 Å². The Bertz CT molecular complexity index is 961. The van der Waals surface area contributed by atoms with E-state index in [2.05, 4.69) is 18.2 Å². The van der Waals surface area contributed by atoms with E-state index in [0.717, 1.165) is 48.9 Å². The van der Waals surface area contributed by atoms with Gasteiger partial charge in [-0.25, -0.2) is 4.98 Å². The number of ether oxygens (including phenoxy) is 1. The normalized spacial score (nSPS) is 16.6. The van der Waals surface area contributed by atoms with Gasteiger partial charge in [-0.2, -0.15) is 0 Å². The van der Waals surface area contributed by atoms with Crippen LogP contribution in [0.4, 0.5) is 0 Å². The van der Waals surface area contributed by atoms with E-state index < -0.39 is 0 Å². The van der Waals surface area contributed by atoms with E-state index >= 15 is 0 Å². The molecule has 2 aliphatic carbocycles. The van der Waals surface area contributed by atoms with Crippen molar-refractivity contribution >= 4 is 17.7 Å². The number of carbonyl (C=O) groups is 1. The van der Waals surface area contributed by atoms with Gasteiger partial charge in [-0.15, -0.1) is 0 Å². The van der Waals surface area contributed by atoms with Crippen molar-refractivity contribution < 1.29 is 9.53 Å². The van der Waals surface area contributed by atoms with Crippen LogP contribution in [0.2, 0.25) is 0 Å². The van der Waals surface area contributed by atoms with Gasteiger partial charge in [-0.1, -0.05) is 48.9 Å². The van der Waals surface area contributed by atoms with Crippen molar-refractivity contribution in [2.45, 2.75) is 63.1 Å². The zero-order chi connectivity index (χ0) is 19.7. The molecule has 1 fully saturated rings.